The van der Waals surface area contributed by atoms with Crippen LogP contribution in [0.4, 0.5) is 0 Å². The van der Waals surface area contributed by atoms with Gasteiger partial charge in [0.05, 0.1) is 5.69 Å². The van der Waals surface area contributed by atoms with Crippen molar-refractivity contribution >= 4 is 43.5 Å². The van der Waals surface area contributed by atoms with Crippen LogP contribution in [0.2, 0.25) is 0 Å². The molecule has 4 aromatic heterocycles. The van der Waals surface area contributed by atoms with Crippen molar-refractivity contribution in [1.82, 2.24) is 9.97 Å². The van der Waals surface area contributed by atoms with E-state index in [0.29, 0.717) is 11.3 Å². The van der Waals surface area contributed by atoms with Crippen molar-refractivity contribution in [3.63, 3.8) is 0 Å². The number of rotatable bonds is 1. The van der Waals surface area contributed by atoms with Gasteiger partial charge in [0.15, 0.2) is 0 Å². The van der Waals surface area contributed by atoms with E-state index in [1.165, 1.54) is 15.6 Å². The molecule has 0 unspecified atom stereocenters. The minimum absolute atomic E-state index is 0.0317. The lowest BCUT2D eigenvalue weighted by atomic mass is 10.1. The lowest BCUT2D eigenvalue weighted by Gasteiger charge is -2.02. The maximum Gasteiger partial charge on any atom is 0.227 e. The average Bonchev–Trinajstić information content (AvgIpc) is 3.18. The van der Waals surface area contributed by atoms with Crippen molar-refractivity contribution < 1.29 is 8.53 Å². The number of nitrogens with zero attached hydrogens (tertiary/aromatic N) is 2. The summed E-state index contributed by atoms with van der Waals surface area (Å²) in [5.41, 5.74) is 2.73. The fourth-order valence-electron chi connectivity index (χ4n) is 3.09. The van der Waals surface area contributed by atoms with E-state index in [-0.39, 0.29) is 5.69 Å². The summed E-state index contributed by atoms with van der Waals surface area (Å²) in [6.07, 6.45) is 1.88. The van der Waals surface area contributed by atoms with Gasteiger partial charge in [0.25, 0.3) is 0 Å². The summed E-state index contributed by atoms with van der Waals surface area (Å²) in [6.45, 7) is -0.182. The van der Waals surface area contributed by atoms with Gasteiger partial charge >= 0.3 is 0 Å². The van der Waals surface area contributed by atoms with Crippen LogP contribution >= 0.6 is 11.3 Å². The molecule has 0 aliphatic rings. The molecule has 1 aromatic carbocycles. The molecular weight excluding hydrogens is 316 g/mol. The smallest absolute Gasteiger partial charge is 0.227 e. The molecule has 24 heavy (non-hydrogen) atoms. The fraction of sp³-hybridized carbons (Fsp3) is 0.100. The van der Waals surface area contributed by atoms with Crippen LogP contribution in [0.25, 0.3) is 43.4 Å². The van der Waals surface area contributed by atoms with Crippen LogP contribution in [-0.4, -0.2) is 9.97 Å². The van der Waals surface area contributed by atoms with E-state index in [1.54, 1.807) is 17.4 Å². The number of thiophene rings is 1. The fourth-order valence-corrected chi connectivity index (χ4v) is 4.03. The quantitative estimate of drug-likeness (QED) is 0.385. The zero-order valence-electron chi connectivity index (χ0n) is 15.8. The van der Waals surface area contributed by atoms with E-state index in [4.69, 9.17) is 8.53 Å². The number of aromatic nitrogens is 2. The maximum atomic E-state index is 7.56. The van der Waals surface area contributed by atoms with Gasteiger partial charge in [0.1, 0.15) is 5.58 Å². The molecule has 0 fully saturated rings. The predicted octanol–water partition coefficient (Wildman–Crippen LogP) is 5.87. The van der Waals surface area contributed by atoms with Gasteiger partial charge in [-0.25, -0.2) is 4.98 Å². The number of benzene rings is 1. The highest BCUT2D eigenvalue weighted by atomic mass is 32.1. The van der Waals surface area contributed by atoms with Gasteiger partial charge in [0, 0.05) is 47.3 Å². The molecule has 0 amide bonds. The molecule has 5 aromatic rings. The highest BCUT2D eigenvalue weighted by molar-refractivity contribution is 7.19. The van der Waals surface area contributed by atoms with Crippen LogP contribution in [0.5, 0.6) is 0 Å². The van der Waals surface area contributed by atoms with Crippen molar-refractivity contribution in [2.24, 2.45) is 0 Å². The third kappa shape index (κ3) is 1.96. The number of para-hydroxylation sites is 1. The molecule has 0 aliphatic heterocycles. The Balaban J connectivity index is 1.76. The van der Waals surface area contributed by atoms with Crippen LogP contribution in [-0.2, 0) is 0 Å². The first-order valence-electron chi connectivity index (χ1n) is 9.09. The van der Waals surface area contributed by atoms with Gasteiger partial charge in [0.2, 0.25) is 5.71 Å². The molecule has 0 saturated heterocycles. The van der Waals surface area contributed by atoms with Crippen LogP contribution in [0.15, 0.2) is 53.1 Å². The Morgan fingerprint density at radius 2 is 2.08 bits per heavy atom. The lowest BCUT2D eigenvalue weighted by Crippen LogP contribution is -1.83. The molecule has 4 heterocycles. The monoisotopic (exact) mass is 333 g/mol. The Hall–Kier alpha value is -2.72. The molecule has 0 atom stereocenters. The number of furan rings is 1. The highest BCUT2D eigenvalue weighted by Crippen LogP contribution is 2.36. The Morgan fingerprint density at radius 1 is 1.12 bits per heavy atom. The van der Waals surface area contributed by atoms with Crippen molar-refractivity contribution in [1.29, 1.82) is 0 Å². The van der Waals surface area contributed by atoms with Gasteiger partial charge in [-0.3, -0.25) is 4.98 Å². The van der Waals surface area contributed by atoms with Gasteiger partial charge in [-0.05, 0) is 44.1 Å². The van der Waals surface area contributed by atoms with Gasteiger partial charge in [-0.1, -0.05) is 12.1 Å². The van der Waals surface area contributed by atoms with Crippen LogP contribution in [0.3, 0.4) is 0 Å². The molecule has 0 aliphatic carbocycles. The second-order valence-corrected chi connectivity index (χ2v) is 7.09. The SMILES string of the molecule is [2H]C([2H])([2H])c1ccc2c(n1)oc1c(-c3cc4sc(C)cc4cn3)cccc12. The summed E-state index contributed by atoms with van der Waals surface area (Å²) in [5, 5.41) is 2.83. The Kier molecular flexibility index (Phi) is 2.23. The molecule has 3 nitrogen and oxygen atoms in total. The Labute approximate surface area is 146 Å². The molecular formula is C20H14N2OS. The van der Waals surface area contributed by atoms with Crippen molar-refractivity contribution in [2.75, 3.05) is 0 Å². The number of hydrogen-bond acceptors (Lipinski definition) is 4. The number of aryl methyl sites for hydroxylation is 2. The largest absolute Gasteiger partial charge is 0.437 e. The maximum absolute atomic E-state index is 7.56. The van der Waals surface area contributed by atoms with E-state index in [9.17, 15) is 0 Å². The van der Waals surface area contributed by atoms with Crippen molar-refractivity contribution in [2.45, 2.75) is 13.8 Å². The highest BCUT2D eigenvalue weighted by Gasteiger charge is 2.14. The molecule has 0 radical (unpaired) electrons. The van der Waals surface area contributed by atoms with E-state index in [0.717, 1.165) is 27.4 Å². The molecule has 0 saturated carbocycles. The number of pyridine rings is 2. The van der Waals surface area contributed by atoms with Crippen molar-refractivity contribution in [3.8, 4) is 11.3 Å². The molecule has 0 bridgehead atoms. The zero-order valence-corrected chi connectivity index (χ0v) is 13.6. The third-order valence-electron chi connectivity index (χ3n) is 4.16. The van der Waals surface area contributed by atoms with E-state index >= 15 is 0 Å². The van der Waals surface area contributed by atoms with E-state index < -0.39 is 6.85 Å². The summed E-state index contributed by atoms with van der Waals surface area (Å²) in [6, 6.07) is 13.4. The van der Waals surface area contributed by atoms with Crippen molar-refractivity contribution in [3.05, 3.63) is 59.2 Å². The summed E-state index contributed by atoms with van der Waals surface area (Å²) in [4.78, 5) is 10.1. The lowest BCUT2D eigenvalue weighted by molar-refractivity contribution is 0.653. The second-order valence-electron chi connectivity index (χ2n) is 5.80. The van der Waals surface area contributed by atoms with E-state index in [1.807, 2.05) is 24.4 Å². The summed E-state index contributed by atoms with van der Waals surface area (Å²) >= 11 is 1.73. The molecule has 5 rings (SSSR count). The van der Waals surface area contributed by atoms with Crippen LogP contribution in [0, 0.1) is 13.8 Å². The molecule has 116 valence electrons. The first-order chi connectivity index (χ1) is 12.9. The molecule has 4 heteroatoms. The summed E-state index contributed by atoms with van der Waals surface area (Å²) in [7, 11) is 0. The first kappa shape index (κ1) is 10.9. The second kappa shape index (κ2) is 4.89. The molecule has 0 spiro atoms. The minimum atomic E-state index is -2.26. The Bertz CT molecular complexity index is 1330. The van der Waals surface area contributed by atoms with Gasteiger partial charge in [-0.15, -0.1) is 11.3 Å². The first-order valence-corrected chi connectivity index (χ1v) is 8.41. The molecule has 0 N–H and O–H groups in total. The zero-order chi connectivity index (χ0) is 18.8. The number of fused-ring (bicyclic) bond motifs is 4. The summed E-state index contributed by atoms with van der Waals surface area (Å²) in [5.74, 6) is 0. The Morgan fingerprint density at radius 3 is 3.00 bits per heavy atom. The van der Waals surface area contributed by atoms with Gasteiger partial charge < -0.3 is 4.42 Å². The topological polar surface area (TPSA) is 38.9 Å². The average molecular weight is 333 g/mol. The van der Waals surface area contributed by atoms with Crippen LogP contribution in [0.1, 0.15) is 14.7 Å². The van der Waals surface area contributed by atoms with E-state index in [2.05, 4.69) is 29.0 Å². The standard InChI is InChI=1S/C20H14N2OS/c1-11-6-7-15-14-4-3-5-16(19(14)23-20(15)22-11)17-9-18-13(10-21-17)8-12(2)24-18/h3-10H,1-2H3/i1D3. The number of hydrogen-bond donors (Lipinski definition) is 0. The normalized spacial score (nSPS) is 14.1. The third-order valence-corrected chi connectivity index (χ3v) is 5.18. The van der Waals surface area contributed by atoms with Gasteiger partial charge in [-0.2, -0.15) is 0 Å². The van der Waals surface area contributed by atoms with Crippen LogP contribution < -0.4 is 0 Å². The minimum Gasteiger partial charge on any atom is -0.437 e. The predicted molar refractivity (Wildman–Crippen MR) is 99.6 cm³/mol. The summed E-state index contributed by atoms with van der Waals surface area (Å²) < 4.78 is 29.8.